The van der Waals surface area contributed by atoms with Crippen LogP contribution in [0.15, 0.2) is 61.1 Å². The Balaban J connectivity index is 2.01. The Hall–Kier alpha value is -3.54. The number of hydrogen-bond acceptors (Lipinski definition) is 5. The van der Waals surface area contributed by atoms with Gasteiger partial charge in [-0.05, 0) is 29.8 Å². The fourth-order valence-corrected chi connectivity index (χ4v) is 2.86. The first-order chi connectivity index (χ1) is 12.2. The van der Waals surface area contributed by atoms with Crippen molar-refractivity contribution in [3.63, 3.8) is 0 Å². The van der Waals surface area contributed by atoms with E-state index in [-0.39, 0.29) is 11.5 Å². The van der Waals surface area contributed by atoms with Crippen molar-refractivity contribution in [1.29, 1.82) is 0 Å². The highest BCUT2D eigenvalue weighted by Crippen LogP contribution is 2.38. The van der Waals surface area contributed by atoms with Crippen molar-refractivity contribution in [3.8, 4) is 39.6 Å². The van der Waals surface area contributed by atoms with Gasteiger partial charge in [0.25, 0.3) is 0 Å². The van der Waals surface area contributed by atoms with E-state index in [1.165, 1.54) is 12.1 Å². The molecule has 2 aromatic heterocycles. The van der Waals surface area contributed by atoms with E-state index in [2.05, 4.69) is 9.97 Å². The summed E-state index contributed by atoms with van der Waals surface area (Å²) in [6, 6.07) is 12.1. The van der Waals surface area contributed by atoms with Crippen LogP contribution in [0.25, 0.3) is 28.2 Å². The number of rotatable bonds is 3. The summed E-state index contributed by atoms with van der Waals surface area (Å²) in [6.45, 7) is 0. The van der Waals surface area contributed by atoms with Crippen LogP contribution in [-0.2, 0) is 0 Å². The van der Waals surface area contributed by atoms with Crippen LogP contribution in [0.2, 0.25) is 0 Å². The van der Waals surface area contributed by atoms with Crippen LogP contribution in [0.3, 0.4) is 0 Å². The molecule has 0 saturated carbocycles. The molecule has 4 aromatic rings. The predicted molar refractivity (Wildman–Crippen MR) is 93.7 cm³/mol. The monoisotopic (exact) mass is 333 g/mol. The van der Waals surface area contributed by atoms with Gasteiger partial charge in [0.2, 0.25) is 5.78 Å². The van der Waals surface area contributed by atoms with Gasteiger partial charge < -0.3 is 14.9 Å². The maximum atomic E-state index is 10.4. The minimum atomic E-state index is -0.0176. The summed E-state index contributed by atoms with van der Waals surface area (Å²) in [5, 5.41) is 20.0. The Morgan fingerprint density at radius 1 is 0.960 bits per heavy atom. The Bertz CT molecular complexity index is 1060. The molecule has 2 N–H and O–H groups in total. The third kappa shape index (κ3) is 2.53. The fourth-order valence-electron chi connectivity index (χ4n) is 2.86. The van der Waals surface area contributed by atoms with Gasteiger partial charge in [0, 0.05) is 35.8 Å². The van der Waals surface area contributed by atoms with E-state index in [4.69, 9.17) is 4.74 Å². The molecule has 0 aliphatic carbocycles. The lowest BCUT2D eigenvalue weighted by atomic mass is 9.99. The lowest BCUT2D eigenvalue weighted by Gasteiger charge is -2.14. The smallest absolute Gasteiger partial charge is 0.234 e. The first-order valence-corrected chi connectivity index (χ1v) is 7.66. The van der Waals surface area contributed by atoms with Gasteiger partial charge >= 0.3 is 0 Å². The van der Waals surface area contributed by atoms with Crippen LogP contribution in [0, 0.1) is 0 Å². The summed E-state index contributed by atoms with van der Waals surface area (Å²) in [5.41, 5.74) is 3.07. The van der Waals surface area contributed by atoms with Gasteiger partial charge in [-0.15, -0.1) is 0 Å². The van der Waals surface area contributed by atoms with Crippen LogP contribution in [0.4, 0.5) is 0 Å². The molecule has 0 amide bonds. The van der Waals surface area contributed by atoms with Crippen molar-refractivity contribution in [3.05, 3.63) is 61.1 Å². The van der Waals surface area contributed by atoms with Crippen molar-refractivity contribution in [1.82, 2.24) is 14.4 Å². The Kier molecular flexibility index (Phi) is 3.50. The number of aromatic hydroxyl groups is 2. The van der Waals surface area contributed by atoms with E-state index >= 15 is 0 Å². The number of hydrogen-bond donors (Lipinski definition) is 2. The van der Waals surface area contributed by atoms with Crippen LogP contribution in [-0.4, -0.2) is 31.7 Å². The summed E-state index contributed by atoms with van der Waals surface area (Å²) in [4.78, 5) is 8.60. The normalized spacial score (nSPS) is 10.9. The number of benzene rings is 2. The topological polar surface area (TPSA) is 79.9 Å². The van der Waals surface area contributed by atoms with Crippen molar-refractivity contribution in [2.75, 3.05) is 7.11 Å². The molecule has 0 atom stereocenters. The molecule has 4 rings (SSSR count). The zero-order valence-electron chi connectivity index (χ0n) is 13.4. The number of methoxy groups -OCH3 is 1. The summed E-state index contributed by atoms with van der Waals surface area (Å²) in [6.07, 6.45) is 5.17. The number of nitrogens with zero attached hydrogens (tertiary/aromatic N) is 3. The second kappa shape index (κ2) is 5.83. The summed E-state index contributed by atoms with van der Waals surface area (Å²) in [5.74, 6) is 1.27. The first kappa shape index (κ1) is 15.0. The standard InChI is InChI=1S/C19H15N3O3/c1-25-14-5-2-12(3-6-14)16-11-21-19-20-8-9-22(19)18(16)15-7-4-13(23)10-17(15)24/h2-11,23-24H,1H3. The molecule has 0 unspecified atom stereocenters. The van der Waals surface area contributed by atoms with E-state index in [1.54, 1.807) is 31.8 Å². The lowest BCUT2D eigenvalue weighted by Crippen LogP contribution is -1.98. The lowest BCUT2D eigenvalue weighted by molar-refractivity contribution is 0.415. The molecule has 124 valence electrons. The van der Waals surface area contributed by atoms with Crippen LogP contribution >= 0.6 is 0 Å². The first-order valence-electron chi connectivity index (χ1n) is 7.66. The van der Waals surface area contributed by atoms with Crippen molar-refractivity contribution < 1.29 is 14.9 Å². The minimum Gasteiger partial charge on any atom is -0.508 e. The van der Waals surface area contributed by atoms with Gasteiger partial charge in [-0.2, -0.15) is 0 Å². The largest absolute Gasteiger partial charge is 0.508 e. The van der Waals surface area contributed by atoms with E-state index < -0.39 is 0 Å². The number of phenols is 2. The zero-order valence-corrected chi connectivity index (χ0v) is 13.4. The SMILES string of the molecule is COc1ccc(-c2cnc3nccn3c2-c2ccc(O)cc2O)cc1. The number of aromatic nitrogens is 3. The third-order valence-electron chi connectivity index (χ3n) is 4.06. The molecular weight excluding hydrogens is 318 g/mol. The van der Waals surface area contributed by atoms with E-state index in [9.17, 15) is 10.2 Å². The number of ether oxygens (including phenoxy) is 1. The van der Waals surface area contributed by atoms with E-state index in [0.717, 1.165) is 22.6 Å². The van der Waals surface area contributed by atoms with E-state index in [0.29, 0.717) is 11.3 Å². The average molecular weight is 333 g/mol. The molecule has 2 aromatic carbocycles. The molecule has 6 nitrogen and oxygen atoms in total. The quantitative estimate of drug-likeness (QED) is 0.600. The van der Waals surface area contributed by atoms with Gasteiger partial charge in [0.05, 0.1) is 12.8 Å². The van der Waals surface area contributed by atoms with Gasteiger partial charge in [0.15, 0.2) is 0 Å². The maximum Gasteiger partial charge on any atom is 0.234 e. The molecule has 6 heteroatoms. The second-order valence-corrected chi connectivity index (χ2v) is 5.55. The highest BCUT2D eigenvalue weighted by Gasteiger charge is 2.16. The zero-order chi connectivity index (χ0) is 17.4. The predicted octanol–water partition coefficient (Wildman–Crippen LogP) is 3.48. The fraction of sp³-hybridized carbons (Fsp3) is 0.0526. The molecule has 0 fully saturated rings. The summed E-state index contributed by atoms with van der Waals surface area (Å²) >= 11 is 0. The Labute approximate surface area is 143 Å². The van der Waals surface area contributed by atoms with Gasteiger partial charge in [-0.1, -0.05) is 12.1 Å². The van der Waals surface area contributed by atoms with Gasteiger partial charge in [-0.3, -0.25) is 4.40 Å². The average Bonchev–Trinajstić information content (AvgIpc) is 3.10. The summed E-state index contributed by atoms with van der Waals surface area (Å²) in [7, 11) is 1.62. The van der Waals surface area contributed by atoms with Crippen molar-refractivity contribution >= 4 is 5.78 Å². The molecule has 25 heavy (non-hydrogen) atoms. The number of phenolic OH excluding ortho intramolecular Hbond substituents is 2. The van der Waals surface area contributed by atoms with Crippen molar-refractivity contribution in [2.24, 2.45) is 0 Å². The molecule has 0 aliphatic rings. The van der Waals surface area contributed by atoms with Gasteiger partial charge in [0.1, 0.15) is 17.2 Å². The molecular formula is C19H15N3O3. The third-order valence-corrected chi connectivity index (χ3v) is 4.06. The second-order valence-electron chi connectivity index (χ2n) is 5.55. The van der Waals surface area contributed by atoms with Crippen LogP contribution in [0.5, 0.6) is 17.2 Å². The maximum absolute atomic E-state index is 10.4. The highest BCUT2D eigenvalue weighted by atomic mass is 16.5. The molecule has 2 heterocycles. The Morgan fingerprint density at radius 3 is 2.48 bits per heavy atom. The minimum absolute atomic E-state index is 0.00294. The highest BCUT2D eigenvalue weighted by molar-refractivity contribution is 5.84. The van der Waals surface area contributed by atoms with Crippen LogP contribution in [0.1, 0.15) is 0 Å². The number of fused-ring (bicyclic) bond motifs is 1. The molecule has 0 aliphatic heterocycles. The molecule has 0 radical (unpaired) electrons. The van der Waals surface area contributed by atoms with E-state index in [1.807, 2.05) is 28.7 Å². The van der Waals surface area contributed by atoms with Gasteiger partial charge in [-0.25, -0.2) is 9.97 Å². The molecule has 0 bridgehead atoms. The van der Waals surface area contributed by atoms with Crippen molar-refractivity contribution in [2.45, 2.75) is 0 Å². The number of imidazole rings is 1. The van der Waals surface area contributed by atoms with Crippen LogP contribution < -0.4 is 4.74 Å². The molecule has 0 saturated heterocycles. The molecule has 0 spiro atoms. The summed E-state index contributed by atoms with van der Waals surface area (Å²) < 4.78 is 7.02. The Morgan fingerprint density at radius 2 is 1.76 bits per heavy atom.